The molecule has 0 spiro atoms. The van der Waals surface area contributed by atoms with Crippen molar-refractivity contribution >= 4 is 28.1 Å². The second-order valence-electron chi connectivity index (χ2n) is 7.73. The fraction of sp³-hybridized carbons (Fsp3) is 0.348. The Labute approximate surface area is 180 Å². The first-order valence-corrected chi connectivity index (χ1v) is 11.1. The monoisotopic (exact) mass is 419 g/mol. The normalized spacial score (nSPS) is 16.9. The Kier molecular flexibility index (Phi) is 6.15. The molecule has 1 aliphatic rings. The second-order valence-corrected chi connectivity index (χ2v) is 8.59. The Bertz CT molecular complexity index is 1040. The molecule has 1 aliphatic heterocycles. The summed E-state index contributed by atoms with van der Waals surface area (Å²) in [5, 5.41) is 14.5. The van der Waals surface area contributed by atoms with E-state index in [-0.39, 0.29) is 17.9 Å². The van der Waals surface area contributed by atoms with Crippen LogP contribution < -0.4 is 10.2 Å². The lowest BCUT2D eigenvalue weighted by molar-refractivity contribution is 0.101. The number of carbonyl (C=O) groups is 1. The van der Waals surface area contributed by atoms with Gasteiger partial charge in [-0.15, -0.1) is 11.3 Å². The van der Waals surface area contributed by atoms with Crippen LogP contribution >= 0.6 is 11.3 Å². The first kappa shape index (κ1) is 20.2. The first-order valence-electron chi connectivity index (χ1n) is 10.3. The molecule has 1 aromatic carbocycles. The SMILES string of the molecule is CC(CC#N)Cn1cccc1C(=O)Nc1nc([C@H]2CCCN2c2ccccc2)cs1. The predicted octanol–water partition coefficient (Wildman–Crippen LogP) is 5.09. The molecule has 3 heterocycles. The maximum atomic E-state index is 12.8. The van der Waals surface area contributed by atoms with E-state index < -0.39 is 0 Å². The quantitative estimate of drug-likeness (QED) is 0.579. The summed E-state index contributed by atoms with van der Waals surface area (Å²) in [6, 6.07) is 16.5. The molecule has 2 aromatic heterocycles. The number of aromatic nitrogens is 2. The highest BCUT2D eigenvalue weighted by molar-refractivity contribution is 7.14. The molecule has 2 atom stereocenters. The van der Waals surface area contributed by atoms with E-state index in [0.717, 1.165) is 25.1 Å². The Morgan fingerprint density at radius 3 is 2.97 bits per heavy atom. The van der Waals surface area contributed by atoms with Gasteiger partial charge in [0.05, 0.1) is 17.8 Å². The van der Waals surface area contributed by atoms with Crippen molar-refractivity contribution in [2.75, 3.05) is 16.8 Å². The molecule has 4 rings (SSSR count). The van der Waals surface area contributed by atoms with Crippen molar-refractivity contribution < 1.29 is 4.79 Å². The van der Waals surface area contributed by atoms with Gasteiger partial charge in [-0.3, -0.25) is 10.1 Å². The van der Waals surface area contributed by atoms with Gasteiger partial charge in [-0.1, -0.05) is 25.1 Å². The van der Waals surface area contributed by atoms with Gasteiger partial charge in [0, 0.05) is 36.8 Å². The van der Waals surface area contributed by atoms with E-state index in [4.69, 9.17) is 10.2 Å². The van der Waals surface area contributed by atoms with Crippen molar-refractivity contribution in [1.82, 2.24) is 9.55 Å². The number of benzene rings is 1. The number of amides is 1. The summed E-state index contributed by atoms with van der Waals surface area (Å²) in [6.45, 7) is 3.67. The molecular formula is C23H25N5OS. The number of para-hydroxylation sites is 1. The van der Waals surface area contributed by atoms with Gasteiger partial charge in [0.2, 0.25) is 0 Å². The van der Waals surface area contributed by atoms with Crippen molar-refractivity contribution in [2.45, 2.75) is 38.8 Å². The van der Waals surface area contributed by atoms with E-state index in [1.165, 1.54) is 17.0 Å². The van der Waals surface area contributed by atoms with Crippen molar-refractivity contribution in [3.8, 4) is 6.07 Å². The van der Waals surface area contributed by atoms with Crippen molar-refractivity contribution in [3.63, 3.8) is 0 Å². The van der Waals surface area contributed by atoms with Crippen LogP contribution in [-0.4, -0.2) is 22.0 Å². The van der Waals surface area contributed by atoms with E-state index in [0.29, 0.717) is 23.8 Å². The number of nitrogens with zero attached hydrogens (tertiary/aromatic N) is 4. The third-order valence-corrected chi connectivity index (χ3v) is 6.21. The van der Waals surface area contributed by atoms with Crippen molar-refractivity contribution in [1.29, 1.82) is 5.26 Å². The van der Waals surface area contributed by atoms with Crippen LogP contribution in [-0.2, 0) is 6.54 Å². The minimum Gasteiger partial charge on any atom is -0.363 e. The Morgan fingerprint density at radius 2 is 2.17 bits per heavy atom. The molecule has 30 heavy (non-hydrogen) atoms. The minimum absolute atomic E-state index is 0.170. The molecule has 0 bridgehead atoms. The minimum atomic E-state index is -0.170. The zero-order valence-electron chi connectivity index (χ0n) is 17.0. The number of rotatable bonds is 7. The fourth-order valence-corrected chi connectivity index (χ4v) is 4.75. The highest BCUT2D eigenvalue weighted by atomic mass is 32.1. The van der Waals surface area contributed by atoms with Crippen LogP contribution in [0.5, 0.6) is 0 Å². The van der Waals surface area contributed by atoms with Crippen LogP contribution in [0.4, 0.5) is 10.8 Å². The molecule has 1 N–H and O–H groups in total. The van der Waals surface area contributed by atoms with Gasteiger partial charge in [-0.05, 0) is 43.0 Å². The lowest BCUT2D eigenvalue weighted by atomic mass is 10.1. The largest absolute Gasteiger partial charge is 0.363 e. The first-order chi connectivity index (χ1) is 14.7. The third-order valence-electron chi connectivity index (χ3n) is 5.43. The summed E-state index contributed by atoms with van der Waals surface area (Å²) in [4.78, 5) is 19.9. The number of nitrogens with one attached hydrogen (secondary N) is 1. The van der Waals surface area contributed by atoms with Gasteiger partial charge in [-0.2, -0.15) is 5.26 Å². The maximum Gasteiger partial charge on any atom is 0.274 e. The number of nitriles is 1. The van der Waals surface area contributed by atoms with E-state index >= 15 is 0 Å². The summed E-state index contributed by atoms with van der Waals surface area (Å²) in [7, 11) is 0. The topological polar surface area (TPSA) is 74.0 Å². The third kappa shape index (κ3) is 4.39. The molecule has 7 heteroatoms. The Hall–Kier alpha value is -3.11. The lowest BCUT2D eigenvalue weighted by Crippen LogP contribution is -2.22. The molecule has 154 valence electrons. The average Bonchev–Trinajstić information content (AvgIpc) is 3.49. The molecule has 6 nitrogen and oxygen atoms in total. The van der Waals surface area contributed by atoms with Gasteiger partial charge in [-0.25, -0.2) is 4.98 Å². The average molecular weight is 420 g/mol. The van der Waals surface area contributed by atoms with Gasteiger partial charge in [0.25, 0.3) is 5.91 Å². The molecule has 1 amide bonds. The molecular weight excluding hydrogens is 394 g/mol. The number of hydrogen-bond acceptors (Lipinski definition) is 5. The molecule has 0 radical (unpaired) electrons. The van der Waals surface area contributed by atoms with Crippen LogP contribution in [0.2, 0.25) is 0 Å². The van der Waals surface area contributed by atoms with Crippen molar-refractivity contribution in [2.24, 2.45) is 5.92 Å². The van der Waals surface area contributed by atoms with Gasteiger partial charge in [0.15, 0.2) is 5.13 Å². The second kappa shape index (κ2) is 9.14. The van der Waals surface area contributed by atoms with Gasteiger partial charge >= 0.3 is 0 Å². The summed E-state index contributed by atoms with van der Waals surface area (Å²) in [6.07, 6.45) is 4.54. The van der Waals surface area contributed by atoms with E-state index in [1.807, 2.05) is 29.8 Å². The zero-order chi connectivity index (χ0) is 20.9. The zero-order valence-corrected chi connectivity index (χ0v) is 17.8. The van der Waals surface area contributed by atoms with Crippen molar-refractivity contribution in [3.05, 3.63) is 65.4 Å². The lowest BCUT2D eigenvalue weighted by Gasteiger charge is -2.25. The van der Waals surface area contributed by atoms with E-state index in [2.05, 4.69) is 45.9 Å². The molecule has 1 unspecified atom stereocenters. The number of hydrogen-bond donors (Lipinski definition) is 1. The number of anilines is 2. The molecule has 1 fully saturated rings. The molecule has 1 saturated heterocycles. The highest BCUT2D eigenvalue weighted by Crippen LogP contribution is 2.37. The summed E-state index contributed by atoms with van der Waals surface area (Å²) in [5.41, 5.74) is 2.81. The van der Waals surface area contributed by atoms with Crippen LogP contribution in [0, 0.1) is 17.2 Å². The van der Waals surface area contributed by atoms with Gasteiger partial charge < -0.3 is 9.47 Å². The number of thiazole rings is 1. The Morgan fingerprint density at radius 1 is 1.33 bits per heavy atom. The molecule has 0 saturated carbocycles. The summed E-state index contributed by atoms with van der Waals surface area (Å²) in [5.74, 6) is 0.0168. The van der Waals surface area contributed by atoms with Crippen LogP contribution in [0.1, 0.15) is 48.4 Å². The van der Waals surface area contributed by atoms with E-state index in [1.54, 1.807) is 6.07 Å². The van der Waals surface area contributed by atoms with E-state index in [9.17, 15) is 4.79 Å². The summed E-state index contributed by atoms with van der Waals surface area (Å²) >= 11 is 1.47. The van der Waals surface area contributed by atoms with Crippen LogP contribution in [0.3, 0.4) is 0 Å². The highest BCUT2D eigenvalue weighted by Gasteiger charge is 2.28. The standard InChI is InChI=1S/C23H25N5OS/c1-17(11-12-24)15-27-13-5-10-21(27)22(29)26-23-25-19(16-30-23)20-9-6-14-28(20)18-7-3-2-4-8-18/h2-5,7-8,10,13,16-17,20H,6,9,11,14-15H2,1H3,(H,25,26,29)/t17?,20-/m1/s1. The van der Waals surface area contributed by atoms with Crippen LogP contribution in [0.25, 0.3) is 0 Å². The Balaban J connectivity index is 1.45. The molecule has 3 aromatic rings. The van der Waals surface area contributed by atoms with Crippen LogP contribution in [0.15, 0.2) is 54.0 Å². The maximum absolute atomic E-state index is 12.8. The smallest absolute Gasteiger partial charge is 0.274 e. The van der Waals surface area contributed by atoms with Gasteiger partial charge in [0.1, 0.15) is 5.69 Å². The fourth-order valence-electron chi connectivity index (χ4n) is 4.00. The number of carbonyl (C=O) groups excluding carboxylic acids is 1. The molecule has 0 aliphatic carbocycles. The summed E-state index contributed by atoms with van der Waals surface area (Å²) < 4.78 is 1.90. The predicted molar refractivity (Wildman–Crippen MR) is 120 cm³/mol.